The number of carboxylic acid groups (broad SMARTS) is 1. The standard InChI is InChI=1S/C11H11NO2/c1-6-3-4-8-7(2)5-12-10(8)9(6)11(13)14/h3-5,12H,1-2H3,(H,13,14). The van der Waals surface area contributed by atoms with Gasteiger partial charge in [0.2, 0.25) is 0 Å². The van der Waals surface area contributed by atoms with E-state index in [1.54, 1.807) is 6.92 Å². The van der Waals surface area contributed by atoms with Crippen LogP contribution < -0.4 is 0 Å². The fourth-order valence-corrected chi connectivity index (χ4v) is 1.72. The Morgan fingerprint density at radius 3 is 2.64 bits per heavy atom. The van der Waals surface area contributed by atoms with Crippen LogP contribution in [0.3, 0.4) is 0 Å². The highest BCUT2D eigenvalue weighted by Gasteiger charge is 2.13. The van der Waals surface area contributed by atoms with Gasteiger partial charge in [0, 0.05) is 11.6 Å². The number of H-pyrrole nitrogens is 1. The summed E-state index contributed by atoms with van der Waals surface area (Å²) in [7, 11) is 0. The van der Waals surface area contributed by atoms with Crippen molar-refractivity contribution in [1.29, 1.82) is 0 Å². The average Bonchev–Trinajstić information content (AvgIpc) is 2.47. The van der Waals surface area contributed by atoms with Crippen LogP contribution in [0.5, 0.6) is 0 Å². The van der Waals surface area contributed by atoms with Gasteiger partial charge in [-0.25, -0.2) is 4.79 Å². The first-order valence-electron chi connectivity index (χ1n) is 4.42. The van der Waals surface area contributed by atoms with Gasteiger partial charge in [-0.05, 0) is 25.0 Å². The highest BCUT2D eigenvalue weighted by Crippen LogP contribution is 2.23. The van der Waals surface area contributed by atoms with Crippen molar-refractivity contribution >= 4 is 16.9 Å². The number of aromatic amines is 1. The Balaban J connectivity index is 2.90. The SMILES string of the molecule is Cc1ccc2c(C)c[nH]c2c1C(=O)O. The Labute approximate surface area is 81.4 Å². The zero-order valence-electron chi connectivity index (χ0n) is 8.09. The number of carbonyl (C=O) groups is 1. The summed E-state index contributed by atoms with van der Waals surface area (Å²) in [6.45, 7) is 3.76. The lowest BCUT2D eigenvalue weighted by atomic mass is 10.0. The number of fused-ring (bicyclic) bond motifs is 1. The highest BCUT2D eigenvalue weighted by atomic mass is 16.4. The second kappa shape index (κ2) is 2.87. The molecule has 0 saturated carbocycles. The predicted octanol–water partition coefficient (Wildman–Crippen LogP) is 2.48. The minimum Gasteiger partial charge on any atom is -0.478 e. The zero-order valence-corrected chi connectivity index (χ0v) is 8.09. The van der Waals surface area contributed by atoms with Crippen molar-refractivity contribution in [2.45, 2.75) is 13.8 Å². The molecule has 3 nitrogen and oxygen atoms in total. The Morgan fingerprint density at radius 2 is 2.00 bits per heavy atom. The van der Waals surface area contributed by atoms with E-state index in [0.29, 0.717) is 5.56 Å². The summed E-state index contributed by atoms with van der Waals surface area (Å²) in [4.78, 5) is 14.0. The molecule has 3 heteroatoms. The lowest BCUT2D eigenvalue weighted by molar-refractivity contribution is 0.0698. The molecule has 0 unspecified atom stereocenters. The molecule has 0 amide bonds. The van der Waals surface area contributed by atoms with Gasteiger partial charge < -0.3 is 10.1 Å². The molecule has 0 bridgehead atoms. The van der Waals surface area contributed by atoms with E-state index >= 15 is 0 Å². The molecule has 0 aliphatic carbocycles. The molecule has 0 atom stereocenters. The van der Waals surface area contributed by atoms with Crippen molar-refractivity contribution in [2.75, 3.05) is 0 Å². The number of rotatable bonds is 1. The average molecular weight is 189 g/mol. The lowest BCUT2D eigenvalue weighted by Crippen LogP contribution is -2.00. The van der Waals surface area contributed by atoms with Gasteiger partial charge in [-0.3, -0.25) is 0 Å². The fourth-order valence-electron chi connectivity index (χ4n) is 1.72. The maximum absolute atomic E-state index is 11.0. The van der Waals surface area contributed by atoms with Crippen LogP contribution in [0.4, 0.5) is 0 Å². The smallest absolute Gasteiger partial charge is 0.338 e. The Kier molecular flexibility index (Phi) is 1.81. The van der Waals surface area contributed by atoms with Gasteiger partial charge in [-0.1, -0.05) is 12.1 Å². The Morgan fingerprint density at radius 1 is 1.29 bits per heavy atom. The Bertz CT molecular complexity index is 511. The molecule has 1 heterocycles. The van der Waals surface area contributed by atoms with Crippen LogP contribution in [-0.4, -0.2) is 16.1 Å². The number of nitrogens with one attached hydrogen (secondary N) is 1. The third-order valence-corrected chi connectivity index (χ3v) is 2.49. The number of aromatic carboxylic acids is 1. The molecule has 0 saturated heterocycles. The van der Waals surface area contributed by atoms with Crippen LogP contribution in [0.25, 0.3) is 10.9 Å². The summed E-state index contributed by atoms with van der Waals surface area (Å²) < 4.78 is 0. The minimum absolute atomic E-state index is 0.371. The van der Waals surface area contributed by atoms with Crippen molar-refractivity contribution in [2.24, 2.45) is 0 Å². The third-order valence-electron chi connectivity index (χ3n) is 2.49. The van der Waals surface area contributed by atoms with Crippen LogP contribution in [0.2, 0.25) is 0 Å². The minimum atomic E-state index is -0.880. The molecule has 0 spiro atoms. The van der Waals surface area contributed by atoms with Crippen LogP contribution in [-0.2, 0) is 0 Å². The van der Waals surface area contributed by atoms with Crippen molar-refractivity contribution < 1.29 is 9.90 Å². The quantitative estimate of drug-likeness (QED) is 0.724. The normalized spacial score (nSPS) is 10.7. The molecule has 2 rings (SSSR count). The first-order valence-corrected chi connectivity index (χ1v) is 4.42. The third kappa shape index (κ3) is 1.09. The van der Waals surface area contributed by atoms with Crippen molar-refractivity contribution in [3.63, 3.8) is 0 Å². The van der Waals surface area contributed by atoms with E-state index in [1.165, 1.54) is 0 Å². The molecular weight excluding hydrogens is 178 g/mol. The lowest BCUT2D eigenvalue weighted by Gasteiger charge is -2.02. The number of hydrogen-bond donors (Lipinski definition) is 2. The number of aromatic nitrogens is 1. The van der Waals surface area contributed by atoms with Crippen LogP contribution in [0, 0.1) is 13.8 Å². The molecule has 1 aromatic carbocycles. The largest absolute Gasteiger partial charge is 0.478 e. The monoisotopic (exact) mass is 189 g/mol. The summed E-state index contributed by atoms with van der Waals surface area (Å²) in [5.74, 6) is -0.880. The van der Waals surface area contributed by atoms with E-state index in [0.717, 1.165) is 22.0 Å². The first kappa shape index (κ1) is 8.81. The fraction of sp³-hybridized carbons (Fsp3) is 0.182. The molecule has 72 valence electrons. The van der Waals surface area contributed by atoms with Crippen LogP contribution in [0.15, 0.2) is 18.3 Å². The van der Waals surface area contributed by atoms with E-state index in [9.17, 15) is 4.79 Å². The van der Waals surface area contributed by atoms with Crippen LogP contribution in [0.1, 0.15) is 21.5 Å². The number of carboxylic acids is 1. The van der Waals surface area contributed by atoms with Crippen molar-refractivity contribution in [3.8, 4) is 0 Å². The van der Waals surface area contributed by atoms with E-state index in [2.05, 4.69) is 4.98 Å². The molecule has 1 aromatic heterocycles. The van der Waals surface area contributed by atoms with Gasteiger partial charge in [0.05, 0.1) is 11.1 Å². The summed E-state index contributed by atoms with van der Waals surface area (Å²) in [6.07, 6.45) is 1.83. The van der Waals surface area contributed by atoms with E-state index < -0.39 is 5.97 Å². The van der Waals surface area contributed by atoms with E-state index in [4.69, 9.17) is 5.11 Å². The van der Waals surface area contributed by atoms with Gasteiger partial charge in [0.1, 0.15) is 0 Å². The van der Waals surface area contributed by atoms with Crippen molar-refractivity contribution in [1.82, 2.24) is 4.98 Å². The maximum Gasteiger partial charge on any atom is 0.338 e. The molecule has 0 aliphatic heterocycles. The number of benzene rings is 1. The highest BCUT2D eigenvalue weighted by molar-refractivity contribution is 6.04. The summed E-state index contributed by atoms with van der Waals surface area (Å²) in [6, 6.07) is 3.79. The van der Waals surface area contributed by atoms with Gasteiger partial charge in [-0.15, -0.1) is 0 Å². The molecule has 0 radical (unpaired) electrons. The predicted molar refractivity (Wildman–Crippen MR) is 54.7 cm³/mol. The van der Waals surface area contributed by atoms with Crippen molar-refractivity contribution in [3.05, 3.63) is 35.0 Å². The number of hydrogen-bond acceptors (Lipinski definition) is 1. The van der Waals surface area contributed by atoms with E-state index in [1.807, 2.05) is 25.3 Å². The Hall–Kier alpha value is -1.77. The number of aryl methyl sites for hydroxylation is 2. The molecule has 0 aliphatic rings. The zero-order chi connectivity index (χ0) is 10.3. The summed E-state index contributed by atoms with van der Waals surface area (Å²) in [5.41, 5.74) is 2.94. The van der Waals surface area contributed by atoms with Gasteiger partial charge in [-0.2, -0.15) is 0 Å². The second-order valence-electron chi connectivity index (χ2n) is 3.46. The van der Waals surface area contributed by atoms with Crippen LogP contribution >= 0.6 is 0 Å². The maximum atomic E-state index is 11.0. The molecular formula is C11H11NO2. The molecule has 14 heavy (non-hydrogen) atoms. The second-order valence-corrected chi connectivity index (χ2v) is 3.46. The summed E-state index contributed by atoms with van der Waals surface area (Å²) >= 11 is 0. The first-order chi connectivity index (χ1) is 6.61. The van der Waals surface area contributed by atoms with Gasteiger partial charge >= 0.3 is 5.97 Å². The topological polar surface area (TPSA) is 53.1 Å². The summed E-state index contributed by atoms with van der Waals surface area (Å²) in [5, 5.41) is 10.0. The van der Waals surface area contributed by atoms with Gasteiger partial charge in [0.15, 0.2) is 0 Å². The molecule has 2 N–H and O–H groups in total. The molecule has 2 aromatic rings. The van der Waals surface area contributed by atoms with Gasteiger partial charge in [0.25, 0.3) is 0 Å². The molecule has 0 fully saturated rings. The van der Waals surface area contributed by atoms with E-state index in [-0.39, 0.29) is 0 Å².